The molecule has 2 aromatic rings. The average molecular weight is 467 g/mol. The Bertz CT molecular complexity index is 807. The molecule has 0 aliphatic carbocycles. The van der Waals surface area contributed by atoms with Gasteiger partial charge in [0.15, 0.2) is 0 Å². The smallest absolute Gasteiger partial charge is 0.329 e. The van der Waals surface area contributed by atoms with E-state index in [4.69, 9.17) is 21.4 Å². The van der Waals surface area contributed by atoms with E-state index in [1.54, 1.807) is 0 Å². The van der Waals surface area contributed by atoms with Gasteiger partial charge in [0.25, 0.3) is 0 Å². The van der Waals surface area contributed by atoms with Crippen LogP contribution in [0.25, 0.3) is 0 Å². The zero-order chi connectivity index (χ0) is 21.6. The molecular formula is C24H32Cl2N2O3. The molecule has 0 saturated carbocycles. The van der Waals surface area contributed by atoms with Crippen molar-refractivity contribution in [2.24, 2.45) is 5.41 Å². The van der Waals surface area contributed by atoms with Crippen molar-refractivity contribution in [1.82, 2.24) is 9.80 Å². The van der Waals surface area contributed by atoms with Gasteiger partial charge in [0.2, 0.25) is 0 Å². The first kappa shape index (κ1) is 25.6. The number of carboxylic acids is 1. The van der Waals surface area contributed by atoms with Crippen LogP contribution < -0.4 is 0 Å². The van der Waals surface area contributed by atoms with Crippen molar-refractivity contribution in [3.05, 3.63) is 70.7 Å². The lowest BCUT2D eigenvalue weighted by atomic mass is 9.93. The Hall–Kier alpha value is -1.63. The summed E-state index contributed by atoms with van der Waals surface area (Å²) in [5.74, 6) is -0.923. The van der Waals surface area contributed by atoms with Crippen molar-refractivity contribution < 1.29 is 14.6 Å². The Morgan fingerprint density at radius 1 is 1.03 bits per heavy atom. The van der Waals surface area contributed by atoms with Gasteiger partial charge in [0.1, 0.15) is 6.61 Å². The van der Waals surface area contributed by atoms with E-state index in [0.717, 1.165) is 37.7 Å². The molecule has 1 aliphatic rings. The summed E-state index contributed by atoms with van der Waals surface area (Å²) in [6.07, 6.45) is 0. The minimum atomic E-state index is -0.923. The highest BCUT2D eigenvalue weighted by Gasteiger charge is 2.29. The SMILES string of the molecule is CC(C)(COCC(=O)O)CN1CCN(C(c2ccccc2)c2ccc(Cl)cc2)CC1.Cl. The largest absolute Gasteiger partial charge is 0.480 e. The van der Waals surface area contributed by atoms with E-state index in [1.165, 1.54) is 11.1 Å². The Morgan fingerprint density at radius 3 is 2.19 bits per heavy atom. The number of carbonyl (C=O) groups is 1. The van der Waals surface area contributed by atoms with Gasteiger partial charge in [-0.15, -0.1) is 12.4 Å². The van der Waals surface area contributed by atoms with Gasteiger partial charge in [-0.05, 0) is 23.3 Å². The summed E-state index contributed by atoms with van der Waals surface area (Å²) in [7, 11) is 0. The fourth-order valence-corrected chi connectivity index (χ4v) is 4.27. The van der Waals surface area contributed by atoms with Crippen LogP contribution in [0.3, 0.4) is 0 Å². The Morgan fingerprint density at radius 2 is 1.61 bits per heavy atom. The molecule has 1 heterocycles. The summed E-state index contributed by atoms with van der Waals surface area (Å²) in [4.78, 5) is 15.7. The van der Waals surface area contributed by atoms with Crippen LogP contribution in [0.2, 0.25) is 5.02 Å². The van der Waals surface area contributed by atoms with Crippen LogP contribution >= 0.6 is 24.0 Å². The lowest BCUT2D eigenvalue weighted by Crippen LogP contribution is -2.50. The number of piperazine rings is 1. The molecule has 0 spiro atoms. The van der Waals surface area contributed by atoms with Crippen molar-refractivity contribution in [2.75, 3.05) is 45.9 Å². The lowest BCUT2D eigenvalue weighted by Gasteiger charge is -2.42. The van der Waals surface area contributed by atoms with Crippen LogP contribution in [0.15, 0.2) is 54.6 Å². The molecule has 1 aliphatic heterocycles. The van der Waals surface area contributed by atoms with Crippen molar-refractivity contribution in [3.8, 4) is 0 Å². The summed E-state index contributed by atoms with van der Waals surface area (Å²) >= 11 is 6.12. The molecule has 1 unspecified atom stereocenters. The van der Waals surface area contributed by atoms with Crippen LogP contribution in [-0.2, 0) is 9.53 Å². The predicted molar refractivity (Wildman–Crippen MR) is 127 cm³/mol. The van der Waals surface area contributed by atoms with Gasteiger partial charge < -0.3 is 14.7 Å². The number of rotatable bonds is 9. The molecule has 1 atom stereocenters. The fraction of sp³-hybridized carbons (Fsp3) is 0.458. The van der Waals surface area contributed by atoms with Crippen LogP contribution in [0.4, 0.5) is 0 Å². The number of ether oxygens (including phenoxy) is 1. The summed E-state index contributed by atoms with van der Waals surface area (Å²) in [5, 5.41) is 9.52. The third-order valence-electron chi connectivity index (χ3n) is 5.44. The van der Waals surface area contributed by atoms with E-state index in [0.29, 0.717) is 6.61 Å². The van der Waals surface area contributed by atoms with Gasteiger partial charge in [-0.2, -0.15) is 0 Å². The summed E-state index contributed by atoms with van der Waals surface area (Å²) < 4.78 is 5.34. The molecule has 5 nitrogen and oxygen atoms in total. The van der Waals surface area contributed by atoms with Crippen LogP contribution in [0.5, 0.6) is 0 Å². The first-order valence-corrected chi connectivity index (χ1v) is 10.8. The maximum absolute atomic E-state index is 10.7. The highest BCUT2D eigenvalue weighted by atomic mass is 35.5. The van der Waals surface area contributed by atoms with Gasteiger partial charge in [-0.1, -0.05) is 67.9 Å². The normalized spacial score (nSPS) is 16.5. The molecule has 0 radical (unpaired) electrons. The maximum atomic E-state index is 10.7. The minimum Gasteiger partial charge on any atom is -0.480 e. The lowest BCUT2D eigenvalue weighted by molar-refractivity contribution is -0.143. The average Bonchev–Trinajstić information content (AvgIpc) is 2.71. The van der Waals surface area contributed by atoms with Crippen LogP contribution in [0.1, 0.15) is 31.0 Å². The summed E-state index contributed by atoms with van der Waals surface area (Å²) in [6, 6.07) is 19.0. The first-order chi connectivity index (χ1) is 14.3. The van der Waals surface area contributed by atoms with E-state index in [-0.39, 0.29) is 30.5 Å². The van der Waals surface area contributed by atoms with E-state index < -0.39 is 5.97 Å². The fourth-order valence-electron chi connectivity index (χ4n) is 4.14. The van der Waals surface area contributed by atoms with Crippen molar-refractivity contribution in [2.45, 2.75) is 19.9 Å². The Kier molecular flexibility index (Phi) is 9.79. The van der Waals surface area contributed by atoms with Gasteiger partial charge >= 0.3 is 5.97 Å². The standard InChI is InChI=1S/C24H31ClN2O3.ClH/c1-24(2,18-30-16-22(28)29)17-26-12-14-27(15-13-26)23(19-6-4-3-5-7-19)20-8-10-21(25)11-9-20;/h3-11,23H,12-18H2,1-2H3,(H,28,29);1H. The number of aliphatic carboxylic acids is 1. The molecule has 1 fully saturated rings. The minimum absolute atomic E-state index is 0. The molecule has 0 aromatic heterocycles. The molecule has 3 rings (SSSR count). The number of nitrogens with zero attached hydrogens (tertiary/aromatic N) is 2. The molecule has 0 bridgehead atoms. The number of hydrogen-bond acceptors (Lipinski definition) is 4. The highest BCUT2D eigenvalue weighted by Crippen LogP contribution is 2.31. The van der Waals surface area contributed by atoms with Gasteiger partial charge in [-0.3, -0.25) is 4.90 Å². The first-order valence-electron chi connectivity index (χ1n) is 10.4. The summed E-state index contributed by atoms with van der Waals surface area (Å²) in [6.45, 7) is 9.22. The number of hydrogen-bond donors (Lipinski definition) is 1. The van der Waals surface area contributed by atoms with E-state index in [9.17, 15) is 4.79 Å². The van der Waals surface area contributed by atoms with E-state index in [2.05, 4.69) is 66.1 Å². The van der Waals surface area contributed by atoms with Crippen molar-refractivity contribution in [1.29, 1.82) is 0 Å². The van der Waals surface area contributed by atoms with Gasteiger partial charge in [0.05, 0.1) is 12.6 Å². The Balaban J connectivity index is 0.00000341. The zero-order valence-corrected chi connectivity index (χ0v) is 19.7. The predicted octanol–water partition coefficient (Wildman–Crippen LogP) is 4.60. The molecule has 0 amide bonds. The quantitative estimate of drug-likeness (QED) is 0.585. The highest BCUT2D eigenvalue weighted by molar-refractivity contribution is 6.30. The Labute approximate surface area is 196 Å². The van der Waals surface area contributed by atoms with Crippen molar-refractivity contribution >= 4 is 30.0 Å². The van der Waals surface area contributed by atoms with E-state index >= 15 is 0 Å². The van der Waals surface area contributed by atoms with Crippen LogP contribution in [-0.4, -0.2) is 66.8 Å². The molecule has 1 saturated heterocycles. The number of carboxylic acid groups (broad SMARTS) is 1. The van der Waals surface area contributed by atoms with Gasteiger partial charge in [0, 0.05) is 43.2 Å². The van der Waals surface area contributed by atoms with E-state index in [1.807, 2.05) is 12.1 Å². The molecule has 170 valence electrons. The van der Waals surface area contributed by atoms with Crippen LogP contribution in [0, 0.1) is 5.41 Å². The maximum Gasteiger partial charge on any atom is 0.329 e. The second kappa shape index (κ2) is 11.8. The number of halogens is 2. The molecule has 31 heavy (non-hydrogen) atoms. The zero-order valence-electron chi connectivity index (χ0n) is 18.2. The molecular weight excluding hydrogens is 435 g/mol. The molecule has 7 heteroatoms. The second-order valence-corrected chi connectivity index (χ2v) is 9.16. The molecule has 2 aromatic carbocycles. The third-order valence-corrected chi connectivity index (χ3v) is 5.70. The monoisotopic (exact) mass is 466 g/mol. The number of benzene rings is 2. The third kappa shape index (κ3) is 7.78. The molecule has 1 N–H and O–H groups in total. The topological polar surface area (TPSA) is 53.0 Å². The summed E-state index contributed by atoms with van der Waals surface area (Å²) in [5.41, 5.74) is 2.45. The van der Waals surface area contributed by atoms with Crippen molar-refractivity contribution in [3.63, 3.8) is 0 Å². The van der Waals surface area contributed by atoms with Gasteiger partial charge in [-0.25, -0.2) is 4.79 Å². The second-order valence-electron chi connectivity index (χ2n) is 8.73.